The van der Waals surface area contributed by atoms with Crippen molar-refractivity contribution >= 4 is 40.1 Å². The van der Waals surface area contributed by atoms with Gasteiger partial charge in [0.25, 0.3) is 5.91 Å². The molecule has 0 N–H and O–H groups in total. The van der Waals surface area contributed by atoms with E-state index in [2.05, 4.69) is 28.7 Å². The molecule has 1 aromatic carbocycles. The Balaban J connectivity index is 2.26. The molecular formula is C12H11ClINO. The molecule has 16 heavy (non-hydrogen) atoms. The van der Waals surface area contributed by atoms with E-state index in [1.807, 2.05) is 17.0 Å². The van der Waals surface area contributed by atoms with Gasteiger partial charge in [0.05, 0.1) is 5.56 Å². The second-order valence-corrected chi connectivity index (χ2v) is 5.23. The van der Waals surface area contributed by atoms with Gasteiger partial charge >= 0.3 is 0 Å². The number of hydrogen-bond acceptors (Lipinski definition) is 1. The molecule has 0 aromatic heterocycles. The van der Waals surface area contributed by atoms with Gasteiger partial charge in [0.15, 0.2) is 0 Å². The van der Waals surface area contributed by atoms with Gasteiger partial charge in [0.2, 0.25) is 0 Å². The van der Waals surface area contributed by atoms with Crippen LogP contribution in [0.3, 0.4) is 0 Å². The van der Waals surface area contributed by atoms with Gasteiger partial charge in [-0.1, -0.05) is 23.8 Å². The largest absolute Gasteiger partial charge is 0.335 e. The summed E-state index contributed by atoms with van der Waals surface area (Å²) in [7, 11) is 0. The smallest absolute Gasteiger partial charge is 0.255 e. The molecule has 0 fully saturated rings. The summed E-state index contributed by atoms with van der Waals surface area (Å²) in [5, 5.41) is 0.608. The minimum Gasteiger partial charge on any atom is -0.335 e. The van der Waals surface area contributed by atoms with Crippen LogP contribution in [0.1, 0.15) is 16.8 Å². The first-order chi connectivity index (χ1) is 7.68. The minimum absolute atomic E-state index is 0.0660. The van der Waals surface area contributed by atoms with Crippen LogP contribution in [0.4, 0.5) is 0 Å². The van der Waals surface area contributed by atoms with E-state index < -0.39 is 0 Å². The Morgan fingerprint density at radius 2 is 2.19 bits per heavy atom. The maximum absolute atomic E-state index is 12.2. The second-order valence-electron chi connectivity index (χ2n) is 3.64. The van der Waals surface area contributed by atoms with Crippen LogP contribution in [0.25, 0.3) is 0 Å². The van der Waals surface area contributed by atoms with Crippen LogP contribution in [0.5, 0.6) is 0 Å². The van der Waals surface area contributed by atoms with Gasteiger partial charge in [0, 0.05) is 21.7 Å². The summed E-state index contributed by atoms with van der Waals surface area (Å²) in [4.78, 5) is 14.0. The van der Waals surface area contributed by atoms with Crippen LogP contribution in [0, 0.1) is 3.57 Å². The predicted octanol–water partition coefficient (Wildman–Crippen LogP) is 3.35. The lowest BCUT2D eigenvalue weighted by Gasteiger charge is -2.23. The zero-order valence-corrected chi connectivity index (χ0v) is 11.5. The fraction of sp³-hybridized carbons (Fsp3) is 0.250. The van der Waals surface area contributed by atoms with E-state index in [-0.39, 0.29) is 5.91 Å². The van der Waals surface area contributed by atoms with Gasteiger partial charge in [-0.2, -0.15) is 0 Å². The molecule has 0 radical (unpaired) electrons. The highest BCUT2D eigenvalue weighted by atomic mass is 127. The van der Waals surface area contributed by atoms with Crippen molar-refractivity contribution in [3.8, 4) is 0 Å². The summed E-state index contributed by atoms with van der Waals surface area (Å²) in [6.07, 6.45) is 5.06. The number of nitrogens with zero attached hydrogens (tertiary/aromatic N) is 1. The van der Waals surface area contributed by atoms with E-state index in [0.717, 1.165) is 16.5 Å². The minimum atomic E-state index is 0.0660. The Kier molecular flexibility index (Phi) is 3.86. The third-order valence-corrected chi connectivity index (χ3v) is 3.68. The number of halogens is 2. The lowest BCUT2D eigenvalue weighted by Crippen LogP contribution is -2.34. The van der Waals surface area contributed by atoms with Crippen LogP contribution >= 0.6 is 34.2 Å². The predicted molar refractivity (Wildman–Crippen MR) is 73.8 cm³/mol. The molecule has 0 bridgehead atoms. The van der Waals surface area contributed by atoms with E-state index in [1.54, 1.807) is 12.1 Å². The number of rotatable bonds is 1. The fourth-order valence-corrected chi connectivity index (χ4v) is 2.40. The van der Waals surface area contributed by atoms with E-state index in [1.165, 1.54) is 0 Å². The highest BCUT2D eigenvalue weighted by Gasteiger charge is 2.18. The third kappa shape index (κ3) is 2.58. The number of amides is 1. The summed E-state index contributed by atoms with van der Waals surface area (Å²) in [5.41, 5.74) is 0.698. The van der Waals surface area contributed by atoms with Gasteiger partial charge < -0.3 is 4.90 Å². The molecule has 0 saturated heterocycles. The molecular weight excluding hydrogens is 336 g/mol. The third-order valence-electron chi connectivity index (χ3n) is 2.50. The maximum atomic E-state index is 12.2. The number of carbonyl (C=O) groups is 1. The van der Waals surface area contributed by atoms with Gasteiger partial charge in [-0.3, -0.25) is 4.79 Å². The Morgan fingerprint density at radius 3 is 2.88 bits per heavy atom. The van der Waals surface area contributed by atoms with Gasteiger partial charge in [-0.15, -0.1) is 0 Å². The summed E-state index contributed by atoms with van der Waals surface area (Å²) in [6, 6.07) is 5.41. The lowest BCUT2D eigenvalue weighted by molar-refractivity contribution is 0.0770. The molecule has 0 spiro atoms. The SMILES string of the molecule is O=C(c1cc(Cl)ccc1I)N1CC=CCC1. The molecule has 0 saturated carbocycles. The zero-order chi connectivity index (χ0) is 11.5. The van der Waals surface area contributed by atoms with Crippen LogP contribution in [-0.4, -0.2) is 23.9 Å². The number of carbonyl (C=O) groups excluding carboxylic acids is 1. The first-order valence-electron chi connectivity index (χ1n) is 5.08. The van der Waals surface area contributed by atoms with Crippen LogP contribution < -0.4 is 0 Å². The molecule has 1 aliphatic rings. The molecule has 84 valence electrons. The average molecular weight is 348 g/mol. The molecule has 0 unspecified atom stereocenters. The van der Waals surface area contributed by atoms with Crippen LogP contribution in [0.2, 0.25) is 5.02 Å². The van der Waals surface area contributed by atoms with E-state index in [9.17, 15) is 4.79 Å². The first-order valence-corrected chi connectivity index (χ1v) is 6.53. The topological polar surface area (TPSA) is 20.3 Å². The van der Waals surface area contributed by atoms with E-state index in [4.69, 9.17) is 11.6 Å². The monoisotopic (exact) mass is 347 g/mol. The standard InChI is InChI=1S/C12H11ClINO/c13-9-4-5-11(14)10(8-9)12(16)15-6-2-1-3-7-15/h1-2,4-5,8H,3,6-7H2. The highest BCUT2D eigenvalue weighted by molar-refractivity contribution is 14.1. The van der Waals surface area contributed by atoms with Crippen molar-refractivity contribution in [3.63, 3.8) is 0 Å². The molecule has 1 heterocycles. The summed E-state index contributed by atoms with van der Waals surface area (Å²) >= 11 is 8.08. The second kappa shape index (κ2) is 5.19. The quantitative estimate of drug-likeness (QED) is 0.563. The molecule has 0 aliphatic carbocycles. The lowest BCUT2D eigenvalue weighted by atomic mass is 10.1. The van der Waals surface area contributed by atoms with E-state index >= 15 is 0 Å². The van der Waals surface area contributed by atoms with Crippen molar-refractivity contribution in [2.75, 3.05) is 13.1 Å². The fourth-order valence-electron chi connectivity index (χ4n) is 1.66. The van der Waals surface area contributed by atoms with E-state index in [0.29, 0.717) is 17.1 Å². The van der Waals surface area contributed by atoms with Crippen molar-refractivity contribution in [3.05, 3.63) is 44.5 Å². The van der Waals surface area contributed by atoms with Crippen LogP contribution in [0.15, 0.2) is 30.4 Å². The number of benzene rings is 1. The molecule has 1 aromatic rings. The molecule has 1 aliphatic heterocycles. The molecule has 2 rings (SSSR count). The summed E-state index contributed by atoms with van der Waals surface area (Å²) in [5.74, 6) is 0.0660. The molecule has 4 heteroatoms. The Labute approximate surface area is 113 Å². The summed E-state index contributed by atoms with van der Waals surface area (Å²) < 4.78 is 0.946. The highest BCUT2D eigenvalue weighted by Crippen LogP contribution is 2.20. The number of hydrogen-bond donors (Lipinski definition) is 0. The van der Waals surface area contributed by atoms with Crippen molar-refractivity contribution < 1.29 is 4.79 Å². The molecule has 1 amide bonds. The summed E-state index contributed by atoms with van der Waals surface area (Å²) in [6.45, 7) is 1.49. The average Bonchev–Trinajstić information content (AvgIpc) is 2.32. The zero-order valence-electron chi connectivity index (χ0n) is 8.62. The van der Waals surface area contributed by atoms with Gasteiger partial charge in [-0.25, -0.2) is 0 Å². The molecule has 2 nitrogen and oxygen atoms in total. The van der Waals surface area contributed by atoms with Crippen molar-refractivity contribution in [2.45, 2.75) is 6.42 Å². The van der Waals surface area contributed by atoms with Crippen molar-refractivity contribution in [1.82, 2.24) is 4.90 Å². The Bertz CT molecular complexity index is 445. The molecule has 0 atom stereocenters. The Morgan fingerprint density at radius 1 is 1.38 bits per heavy atom. The van der Waals surface area contributed by atoms with Crippen molar-refractivity contribution in [1.29, 1.82) is 0 Å². The maximum Gasteiger partial charge on any atom is 0.255 e. The van der Waals surface area contributed by atoms with Gasteiger partial charge in [0.1, 0.15) is 0 Å². The van der Waals surface area contributed by atoms with Crippen LogP contribution in [-0.2, 0) is 0 Å². The Hall–Kier alpha value is -0.550. The normalized spacial score (nSPS) is 15.2. The first kappa shape index (κ1) is 11.9. The van der Waals surface area contributed by atoms with Gasteiger partial charge in [-0.05, 0) is 47.2 Å². The van der Waals surface area contributed by atoms with Crippen molar-refractivity contribution in [2.24, 2.45) is 0 Å².